The standard InChI is InChI=1S/C19H21ClFNO2/c20-16-5-8-19(24-13-14-3-6-17(21)7-4-14)15(10-16)11-22-12-18-2-1-9-23-18/h3-8,10,18,22H,1-2,9,11-13H2/p+1/t18-/m1/s1. The van der Waals surface area contributed by atoms with Gasteiger partial charge in [0.25, 0.3) is 0 Å². The van der Waals surface area contributed by atoms with Gasteiger partial charge in [-0.05, 0) is 48.7 Å². The molecule has 0 saturated carbocycles. The van der Waals surface area contributed by atoms with E-state index in [4.69, 9.17) is 21.1 Å². The molecule has 0 bridgehead atoms. The minimum atomic E-state index is -0.241. The van der Waals surface area contributed by atoms with Crippen LogP contribution in [0.15, 0.2) is 42.5 Å². The summed E-state index contributed by atoms with van der Waals surface area (Å²) in [6.07, 6.45) is 2.65. The predicted molar refractivity (Wildman–Crippen MR) is 91.7 cm³/mol. The van der Waals surface area contributed by atoms with Gasteiger partial charge in [-0.1, -0.05) is 23.7 Å². The molecule has 128 valence electrons. The Morgan fingerprint density at radius 2 is 2.04 bits per heavy atom. The first-order valence-corrected chi connectivity index (χ1v) is 8.67. The van der Waals surface area contributed by atoms with Crippen molar-refractivity contribution in [3.63, 3.8) is 0 Å². The predicted octanol–water partition coefficient (Wildman–Crippen LogP) is 3.30. The second-order valence-corrected chi connectivity index (χ2v) is 6.47. The van der Waals surface area contributed by atoms with Crippen LogP contribution in [-0.2, 0) is 17.9 Å². The van der Waals surface area contributed by atoms with Gasteiger partial charge in [0.05, 0.1) is 0 Å². The number of hydrogen-bond donors (Lipinski definition) is 1. The number of nitrogens with two attached hydrogens (primary N) is 1. The fourth-order valence-electron chi connectivity index (χ4n) is 2.85. The molecule has 3 rings (SSSR count). The van der Waals surface area contributed by atoms with Gasteiger partial charge >= 0.3 is 0 Å². The van der Waals surface area contributed by atoms with Crippen LogP contribution in [0.5, 0.6) is 5.75 Å². The van der Waals surface area contributed by atoms with Crippen LogP contribution < -0.4 is 10.1 Å². The Kier molecular flexibility index (Phi) is 6.07. The molecular formula is C19H22ClFNO2+. The van der Waals surface area contributed by atoms with E-state index in [1.54, 1.807) is 12.1 Å². The molecule has 0 amide bonds. The van der Waals surface area contributed by atoms with Gasteiger partial charge in [-0.25, -0.2) is 4.39 Å². The van der Waals surface area contributed by atoms with Gasteiger partial charge in [-0.2, -0.15) is 0 Å². The molecule has 2 aromatic carbocycles. The molecule has 1 heterocycles. The Balaban J connectivity index is 1.58. The maximum atomic E-state index is 13.0. The van der Waals surface area contributed by atoms with E-state index in [1.807, 2.05) is 18.2 Å². The first-order chi connectivity index (χ1) is 11.7. The molecule has 1 atom stereocenters. The van der Waals surface area contributed by atoms with Crippen LogP contribution in [0.4, 0.5) is 4.39 Å². The normalized spacial score (nSPS) is 17.2. The van der Waals surface area contributed by atoms with Crippen molar-refractivity contribution in [1.82, 2.24) is 0 Å². The van der Waals surface area contributed by atoms with E-state index in [0.29, 0.717) is 17.7 Å². The van der Waals surface area contributed by atoms with E-state index in [-0.39, 0.29) is 5.82 Å². The highest BCUT2D eigenvalue weighted by Gasteiger charge is 2.17. The summed E-state index contributed by atoms with van der Waals surface area (Å²) in [7, 11) is 0. The maximum absolute atomic E-state index is 13.0. The third-order valence-electron chi connectivity index (χ3n) is 4.15. The smallest absolute Gasteiger partial charge is 0.128 e. The average Bonchev–Trinajstić information content (AvgIpc) is 3.09. The largest absolute Gasteiger partial charge is 0.488 e. The van der Waals surface area contributed by atoms with Gasteiger partial charge in [0.1, 0.15) is 37.4 Å². The first kappa shape index (κ1) is 17.2. The molecule has 0 aromatic heterocycles. The second kappa shape index (κ2) is 8.47. The average molecular weight is 351 g/mol. The van der Waals surface area contributed by atoms with Crippen LogP contribution in [0.3, 0.4) is 0 Å². The van der Waals surface area contributed by atoms with E-state index in [9.17, 15) is 4.39 Å². The lowest BCUT2D eigenvalue weighted by atomic mass is 10.2. The van der Waals surface area contributed by atoms with Crippen molar-refractivity contribution < 1.29 is 19.2 Å². The zero-order valence-electron chi connectivity index (χ0n) is 13.5. The van der Waals surface area contributed by atoms with Gasteiger partial charge in [0, 0.05) is 17.2 Å². The van der Waals surface area contributed by atoms with Crippen molar-refractivity contribution >= 4 is 11.6 Å². The van der Waals surface area contributed by atoms with Crippen LogP contribution in [0.2, 0.25) is 5.02 Å². The molecule has 0 aliphatic carbocycles. The summed E-state index contributed by atoms with van der Waals surface area (Å²) >= 11 is 6.12. The molecule has 0 spiro atoms. The van der Waals surface area contributed by atoms with Crippen molar-refractivity contribution in [1.29, 1.82) is 0 Å². The van der Waals surface area contributed by atoms with E-state index in [0.717, 1.165) is 49.4 Å². The third kappa shape index (κ3) is 4.94. The summed E-state index contributed by atoms with van der Waals surface area (Å²) in [5.74, 6) is 0.571. The summed E-state index contributed by atoms with van der Waals surface area (Å²) in [5.41, 5.74) is 1.99. The van der Waals surface area contributed by atoms with Crippen LogP contribution in [0.25, 0.3) is 0 Å². The van der Waals surface area contributed by atoms with Crippen LogP contribution in [0, 0.1) is 5.82 Å². The van der Waals surface area contributed by atoms with Gasteiger partial charge in [0.2, 0.25) is 0 Å². The zero-order valence-corrected chi connectivity index (χ0v) is 14.3. The van der Waals surface area contributed by atoms with Crippen molar-refractivity contribution in [2.45, 2.75) is 32.1 Å². The molecule has 3 nitrogen and oxygen atoms in total. The summed E-state index contributed by atoms with van der Waals surface area (Å²) < 4.78 is 24.5. The molecular weight excluding hydrogens is 329 g/mol. The highest BCUT2D eigenvalue weighted by molar-refractivity contribution is 6.30. The summed E-state index contributed by atoms with van der Waals surface area (Å²) in [6, 6.07) is 12.0. The van der Waals surface area contributed by atoms with Crippen molar-refractivity contribution in [3.05, 3.63) is 64.4 Å². The Hall–Kier alpha value is -1.62. The highest BCUT2D eigenvalue weighted by atomic mass is 35.5. The Labute approximate surface area is 146 Å². The Morgan fingerprint density at radius 3 is 2.79 bits per heavy atom. The van der Waals surface area contributed by atoms with Crippen molar-refractivity contribution in [2.24, 2.45) is 0 Å². The molecule has 1 saturated heterocycles. The quantitative estimate of drug-likeness (QED) is 0.831. The Morgan fingerprint density at radius 1 is 1.21 bits per heavy atom. The van der Waals surface area contributed by atoms with E-state index >= 15 is 0 Å². The SMILES string of the molecule is Fc1ccc(COc2ccc(Cl)cc2C[NH2+]C[C@H]2CCCO2)cc1. The third-order valence-corrected chi connectivity index (χ3v) is 4.38. The van der Waals surface area contributed by atoms with Crippen LogP contribution in [-0.4, -0.2) is 19.3 Å². The number of halogens is 2. The number of quaternary nitrogens is 1. The number of benzene rings is 2. The fraction of sp³-hybridized carbons (Fsp3) is 0.368. The zero-order chi connectivity index (χ0) is 16.8. The van der Waals surface area contributed by atoms with Crippen LogP contribution >= 0.6 is 11.6 Å². The molecule has 0 unspecified atom stereocenters. The lowest BCUT2D eigenvalue weighted by Crippen LogP contribution is -2.84. The summed E-state index contributed by atoms with van der Waals surface area (Å²) in [4.78, 5) is 0. The van der Waals surface area contributed by atoms with Gasteiger partial charge in [0.15, 0.2) is 0 Å². The molecule has 0 radical (unpaired) electrons. The summed E-state index contributed by atoms with van der Waals surface area (Å²) in [6.45, 7) is 3.02. The Bertz CT molecular complexity index is 657. The number of ether oxygens (including phenoxy) is 2. The van der Waals surface area contributed by atoms with E-state index < -0.39 is 0 Å². The minimum absolute atomic E-state index is 0.241. The van der Waals surface area contributed by atoms with Crippen molar-refractivity contribution in [3.8, 4) is 5.75 Å². The lowest BCUT2D eigenvalue weighted by molar-refractivity contribution is -0.676. The first-order valence-electron chi connectivity index (χ1n) is 8.29. The van der Waals surface area contributed by atoms with Gasteiger partial charge in [-0.15, -0.1) is 0 Å². The molecule has 2 aromatic rings. The van der Waals surface area contributed by atoms with Crippen LogP contribution in [0.1, 0.15) is 24.0 Å². The summed E-state index contributed by atoms with van der Waals surface area (Å²) in [5, 5.41) is 2.93. The number of rotatable bonds is 7. The maximum Gasteiger partial charge on any atom is 0.128 e. The number of hydrogen-bond acceptors (Lipinski definition) is 2. The van der Waals surface area contributed by atoms with E-state index in [1.165, 1.54) is 12.1 Å². The minimum Gasteiger partial charge on any atom is -0.488 e. The fourth-order valence-corrected chi connectivity index (χ4v) is 3.04. The molecule has 1 aliphatic rings. The van der Waals surface area contributed by atoms with Gasteiger partial charge in [-0.3, -0.25) is 0 Å². The molecule has 24 heavy (non-hydrogen) atoms. The topological polar surface area (TPSA) is 35.1 Å². The molecule has 2 N–H and O–H groups in total. The molecule has 1 fully saturated rings. The second-order valence-electron chi connectivity index (χ2n) is 6.03. The van der Waals surface area contributed by atoms with E-state index in [2.05, 4.69) is 5.32 Å². The monoisotopic (exact) mass is 350 g/mol. The molecule has 5 heteroatoms. The highest BCUT2D eigenvalue weighted by Crippen LogP contribution is 2.23. The lowest BCUT2D eigenvalue weighted by Gasteiger charge is -2.13. The molecule has 1 aliphatic heterocycles. The van der Waals surface area contributed by atoms with Crippen molar-refractivity contribution in [2.75, 3.05) is 13.2 Å². The van der Waals surface area contributed by atoms with Gasteiger partial charge < -0.3 is 14.8 Å².